The molecule has 200 valence electrons. The molecule has 0 saturated carbocycles. The summed E-state index contributed by atoms with van der Waals surface area (Å²) in [7, 11) is 0. The number of amides is 1. The number of benzene rings is 1. The molecule has 0 aliphatic carbocycles. The number of halogens is 3. The third kappa shape index (κ3) is 9.86. The molecule has 12 heteroatoms. The highest BCUT2D eigenvalue weighted by atomic mass is 19.4. The molecule has 2 aliphatic rings. The van der Waals surface area contributed by atoms with Crippen molar-refractivity contribution in [3.05, 3.63) is 42.0 Å². The van der Waals surface area contributed by atoms with E-state index in [1.54, 1.807) is 6.07 Å². The van der Waals surface area contributed by atoms with Gasteiger partial charge in [0.2, 0.25) is 5.91 Å². The third-order valence-electron chi connectivity index (χ3n) is 6.03. The van der Waals surface area contributed by atoms with Crippen molar-refractivity contribution in [1.29, 1.82) is 0 Å². The van der Waals surface area contributed by atoms with Crippen LogP contribution in [0.2, 0.25) is 0 Å². The molecule has 0 spiro atoms. The molecule has 1 aromatic rings. The molecule has 36 heavy (non-hydrogen) atoms. The van der Waals surface area contributed by atoms with Crippen molar-refractivity contribution in [2.24, 2.45) is 0 Å². The van der Waals surface area contributed by atoms with Crippen molar-refractivity contribution in [1.82, 2.24) is 14.7 Å². The zero-order valence-corrected chi connectivity index (χ0v) is 20.2. The number of rotatable bonds is 7. The van der Waals surface area contributed by atoms with Crippen molar-refractivity contribution >= 4 is 23.5 Å². The van der Waals surface area contributed by atoms with Crippen LogP contribution in [0.25, 0.3) is 0 Å². The van der Waals surface area contributed by atoms with Crippen LogP contribution >= 0.6 is 0 Å². The number of carbonyl (C=O) groups is 3. The van der Waals surface area contributed by atoms with Crippen LogP contribution in [0.4, 0.5) is 18.9 Å². The SMILES string of the molecule is CCC(=O)N1CCN(CCN2CCN(c3cccc(C(F)(F)F)c3)CC2)CC1.O=C([O-])C=CC(=O)[O-]. The number of piperazine rings is 2. The van der Waals surface area contributed by atoms with Gasteiger partial charge in [-0.25, -0.2) is 0 Å². The summed E-state index contributed by atoms with van der Waals surface area (Å²) in [5.41, 5.74) is 0.0549. The average Bonchev–Trinajstić information content (AvgIpc) is 2.86. The van der Waals surface area contributed by atoms with Crippen LogP contribution in [0.5, 0.6) is 0 Å². The van der Waals surface area contributed by atoms with Gasteiger partial charge in [-0.1, -0.05) is 13.0 Å². The van der Waals surface area contributed by atoms with Crippen LogP contribution in [-0.2, 0) is 20.6 Å². The summed E-state index contributed by atoms with van der Waals surface area (Å²) in [5.74, 6) is -2.87. The highest BCUT2D eigenvalue weighted by Crippen LogP contribution is 2.31. The number of carboxylic acid groups (broad SMARTS) is 2. The van der Waals surface area contributed by atoms with Gasteiger partial charge < -0.3 is 29.6 Å². The van der Waals surface area contributed by atoms with Gasteiger partial charge in [0.25, 0.3) is 0 Å². The van der Waals surface area contributed by atoms with E-state index in [0.717, 1.165) is 71.5 Å². The Morgan fingerprint density at radius 3 is 1.81 bits per heavy atom. The van der Waals surface area contributed by atoms with Crippen LogP contribution in [0.1, 0.15) is 18.9 Å². The van der Waals surface area contributed by atoms with E-state index in [1.165, 1.54) is 12.1 Å². The predicted octanol–water partition coefficient (Wildman–Crippen LogP) is -0.576. The maximum absolute atomic E-state index is 12.9. The first-order valence-electron chi connectivity index (χ1n) is 11.7. The topological polar surface area (TPSA) is 110 Å². The molecule has 2 aliphatic heterocycles. The van der Waals surface area contributed by atoms with E-state index in [4.69, 9.17) is 0 Å². The minimum absolute atomic E-state index is 0.227. The second-order valence-corrected chi connectivity index (χ2v) is 8.42. The van der Waals surface area contributed by atoms with Crippen LogP contribution in [0.15, 0.2) is 36.4 Å². The summed E-state index contributed by atoms with van der Waals surface area (Å²) >= 11 is 0. The molecular formula is C24H31F3N4O5-2. The molecule has 1 amide bonds. The van der Waals surface area contributed by atoms with Gasteiger partial charge in [-0.05, 0) is 30.4 Å². The molecule has 0 bridgehead atoms. The van der Waals surface area contributed by atoms with Crippen molar-refractivity contribution in [2.75, 3.05) is 70.3 Å². The lowest BCUT2D eigenvalue weighted by atomic mass is 10.1. The first kappa shape index (κ1) is 29.1. The van der Waals surface area contributed by atoms with Gasteiger partial charge in [-0.3, -0.25) is 14.6 Å². The fraction of sp³-hybridized carbons (Fsp3) is 0.542. The molecule has 2 heterocycles. The average molecular weight is 513 g/mol. The highest BCUT2D eigenvalue weighted by molar-refractivity contribution is 5.87. The summed E-state index contributed by atoms with van der Waals surface area (Å²) in [6.45, 7) is 10.4. The van der Waals surface area contributed by atoms with Gasteiger partial charge in [0, 0.05) is 77.6 Å². The molecule has 3 rings (SSSR count). The van der Waals surface area contributed by atoms with E-state index in [9.17, 15) is 37.8 Å². The van der Waals surface area contributed by atoms with Gasteiger partial charge in [0.15, 0.2) is 0 Å². The van der Waals surface area contributed by atoms with E-state index in [0.29, 0.717) is 24.3 Å². The molecule has 2 fully saturated rings. The standard InChI is InChI=1S/C20H29F3N4O.C4H4O4/c1-2-19(28)27-14-10-25(11-15-27)7-6-24-8-12-26(13-9-24)18-5-3-4-17(16-18)20(21,22)23;5-3(6)1-2-4(7)8/h3-5,16H,2,6-15H2,1H3;1-2H,(H,5,6)(H,7,8)/p-2. The Kier molecular flexibility index (Phi) is 11.2. The predicted molar refractivity (Wildman–Crippen MR) is 123 cm³/mol. The van der Waals surface area contributed by atoms with Crippen molar-refractivity contribution < 1.29 is 37.8 Å². The largest absolute Gasteiger partial charge is 0.545 e. The Balaban J connectivity index is 0.000000493. The fourth-order valence-corrected chi connectivity index (χ4v) is 3.97. The second-order valence-electron chi connectivity index (χ2n) is 8.42. The van der Waals surface area contributed by atoms with E-state index in [1.807, 2.05) is 16.7 Å². The van der Waals surface area contributed by atoms with Gasteiger partial charge in [-0.15, -0.1) is 0 Å². The molecule has 0 N–H and O–H groups in total. The van der Waals surface area contributed by atoms with Crippen molar-refractivity contribution in [3.63, 3.8) is 0 Å². The maximum Gasteiger partial charge on any atom is 0.416 e. The summed E-state index contributed by atoms with van der Waals surface area (Å²) in [5, 5.41) is 18.8. The molecule has 2 saturated heterocycles. The second kappa shape index (κ2) is 13.8. The minimum atomic E-state index is -4.30. The number of carboxylic acids is 2. The monoisotopic (exact) mass is 512 g/mol. The number of anilines is 1. The number of aliphatic carboxylic acids is 2. The summed E-state index contributed by atoms with van der Waals surface area (Å²) in [6, 6.07) is 5.59. The molecule has 1 aromatic carbocycles. The van der Waals surface area contributed by atoms with Crippen LogP contribution in [0.3, 0.4) is 0 Å². The zero-order chi connectivity index (χ0) is 26.7. The number of carbonyl (C=O) groups excluding carboxylic acids is 3. The first-order chi connectivity index (χ1) is 17.0. The Morgan fingerprint density at radius 1 is 0.861 bits per heavy atom. The Morgan fingerprint density at radius 2 is 1.36 bits per heavy atom. The molecule has 0 aromatic heterocycles. The lowest BCUT2D eigenvalue weighted by Gasteiger charge is -2.39. The van der Waals surface area contributed by atoms with E-state index < -0.39 is 23.7 Å². The van der Waals surface area contributed by atoms with Crippen LogP contribution in [-0.4, -0.2) is 98.0 Å². The lowest BCUT2D eigenvalue weighted by molar-refractivity contribution is -0.301. The Bertz CT molecular complexity index is 893. The summed E-state index contributed by atoms with van der Waals surface area (Å²) in [4.78, 5) is 39.3. The van der Waals surface area contributed by atoms with Gasteiger partial charge in [0.05, 0.1) is 17.5 Å². The smallest absolute Gasteiger partial charge is 0.416 e. The molecule has 0 atom stereocenters. The molecule has 9 nitrogen and oxygen atoms in total. The van der Waals surface area contributed by atoms with Crippen LogP contribution in [0, 0.1) is 0 Å². The summed E-state index contributed by atoms with van der Waals surface area (Å²) in [6.07, 6.45) is -2.97. The highest BCUT2D eigenvalue weighted by Gasteiger charge is 2.31. The molecule has 0 unspecified atom stereocenters. The van der Waals surface area contributed by atoms with Gasteiger partial charge in [0.1, 0.15) is 0 Å². The van der Waals surface area contributed by atoms with Crippen molar-refractivity contribution in [2.45, 2.75) is 19.5 Å². The van der Waals surface area contributed by atoms with E-state index in [2.05, 4.69) is 9.80 Å². The van der Waals surface area contributed by atoms with Gasteiger partial charge in [-0.2, -0.15) is 13.2 Å². The Labute approximate surface area is 208 Å². The maximum atomic E-state index is 12.9. The lowest BCUT2D eigenvalue weighted by Crippen LogP contribution is -2.52. The normalized spacial score (nSPS) is 17.6. The van der Waals surface area contributed by atoms with Crippen LogP contribution < -0.4 is 15.1 Å². The number of nitrogens with zero attached hydrogens (tertiary/aromatic N) is 4. The van der Waals surface area contributed by atoms with E-state index >= 15 is 0 Å². The molecule has 0 radical (unpaired) electrons. The fourth-order valence-electron chi connectivity index (χ4n) is 3.97. The number of alkyl halides is 3. The number of hydrogen-bond acceptors (Lipinski definition) is 8. The first-order valence-corrected chi connectivity index (χ1v) is 11.7. The zero-order valence-electron chi connectivity index (χ0n) is 20.2. The number of hydrogen-bond donors (Lipinski definition) is 0. The third-order valence-corrected chi connectivity index (χ3v) is 6.03. The Hall–Kier alpha value is -3.12. The van der Waals surface area contributed by atoms with E-state index in [-0.39, 0.29) is 5.91 Å². The van der Waals surface area contributed by atoms with Gasteiger partial charge >= 0.3 is 6.18 Å². The minimum Gasteiger partial charge on any atom is -0.545 e. The van der Waals surface area contributed by atoms with Crippen molar-refractivity contribution in [3.8, 4) is 0 Å². The summed E-state index contributed by atoms with van der Waals surface area (Å²) < 4.78 is 38.7. The molecular weight excluding hydrogens is 481 g/mol. The quantitative estimate of drug-likeness (QED) is 0.447.